The zero-order chi connectivity index (χ0) is 16.9. The second kappa shape index (κ2) is 7.68. The normalized spacial score (nSPS) is 18.1. The summed E-state index contributed by atoms with van der Waals surface area (Å²) in [6.45, 7) is 3.10. The molecule has 2 amide bonds. The Morgan fingerprint density at radius 3 is 2.83 bits per heavy atom. The van der Waals surface area contributed by atoms with Crippen molar-refractivity contribution in [2.75, 3.05) is 36.4 Å². The molecule has 1 aromatic carbocycles. The molecule has 0 aliphatic carbocycles. The Balaban J connectivity index is 1.75. The third-order valence-corrected chi connectivity index (χ3v) is 4.68. The Labute approximate surface area is 147 Å². The maximum absolute atomic E-state index is 12.4. The molecule has 24 heavy (non-hydrogen) atoms. The Hall–Kier alpha value is -2.05. The number of carbonyl (C=O) groups excluding carboxylic acids is 1. The van der Waals surface area contributed by atoms with E-state index in [1.165, 1.54) is 11.2 Å². The van der Waals surface area contributed by atoms with Crippen LogP contribution in [0.4, 0.5) is 16.2 Å². The van der Waals surface area contributed by atoms with Gasteiger partial charge in [0.2, 0.25) is 0 Å². The highest BCUT2D eigenvalue weighted by Gasteiger charge is 2.22. The van der Waals surface area contributed by atoms with E-state index in [1.807, 2.05) is 18.2 Å². The summed E-state index contributed by atoms with van der Waals surface area (Å²) in [5, 5.41) is 3.55. The first-order valence-electron chi connectivity index (χ1n) is 8.18. The lowest BCUT2D eigenvalue weighted by molar-refractivity contribution is 0.237. The number of benzene rings is 1. The van der Waals surface area contributed by atoms with Crippen molar-refractivity contribution in [1.29, 1.82) is 0 Å². The van der Waals surface area contributed by atoms with E-state index in [2.05, 4.69) is 15.2 Å². The van der Waals surface area contributed by atoms with Gasteiger partial charge in [-0.2, -0.15) is 0 Å². The Kier molecular flexibility index (Phi) is 5.37. The molecule has 2 heterocycles. The lowest BCUT2D eigenvalue weighted by atomic mass is 9.96. The second-order valence-corrected chi connectivity index (χ2v) is 6.50. The van der Waals surface area contributed by atoms with E-state index in [4.69, 9.17) is 17.3 Å². The molecule has 3 N–H and O–H groups in total. The largest absolute Gasteiger partial charge is 0.370 e. The molecule has 0 saturated carbocycles. The third-order valence-electron chi connectivity index (χ3n) is 4.45. The fraction of sp³-hybridized carbons (Fsp3) is 0.412. The Morgan fingerprint density at radius 2 is 2.17 bits per heavy atom. The molecule has 7 heteroatoms. The summed E-state index contributed by atoms with van der Waals surface area (Å²) in [5.74, 6) is 0.586. The van der Waals surface area contributed by atoms with Crippen molar-refractivity contribution in [3.05, 3.63) is 35.5 Å². The van der Waals surface area contributed by atoms with Crippen molar-refractivity contribution in [3.63, 3.8) is 0 Å². The van der Waals surface area contributed by atoms with Gasteiger partial charge >= 0.3 is 6.03 Å². The summed E-state index contributed by atoms with van der Waals surface area (Å²) in [7, 11) is 0. The maximum Gasteiger partial charge on any atom is 0.327 e. The summed E-state index contributed by atoms with van der Waals surface area (Å²) in [5.41, 5.74) is 7.49. The lowest BCUT2D eigenvalue weighted by Crippen LogP contribution is -2.38. The fourth-order valence-corrected chi connectivity index (χ4v) is 3.18. The number of urea groups is 1. The van der Waals surface area contributed by atoms with Crippen LogP contribution in [0.5, 0.6) is 0 Å². The van der Waals surface area contributed by atoms with Gasteiger partial charge in [-0.1, -0.05) is 11.6 Å². The topological polar surface area (TPSA) is 74.0 Å². The number of carbonyl (C=O) groups is 1. The van der Waals surface area contributed by atoms with E-state index in [1.54, 1.807) is 12.3 Å². The number of aliphatic imine (C=N–C) groups is 1. The molecule has 128 valence electrons. The van der Waals surface area contributed by atoms with Crippen molar-refractivity contribution in [3.8, 4) is 0 Å². The van der Waals surface area contributed by atoms with Crippen molar-refractivity contribution >= 4 is 35.3 Å². The minimum absolute atomic E-state index is 0.219. The fourth-order valence-electron chi connectivity index (χ4n) is 3.00. The number of anilines is 2. The summed E-state index contributed by atoms with van der Waals surface area (Å²) in [6, 6.07) is 5.39. The summed E-state index contributed by atoms with van der Waals surface area (Å²) < 4.78 is 0. The van der Waals surface area contributed by atoms with E-state index < -0.39 is 0 Å². The van der Waals surface area contributed by atoms with Crippen LogP contribution in [-0.4, -0.2) is 43.4 Å². The molecule has 0 radical (unpaired) electrons. The van der Waals surface area contributed by atoms with Gasteiger partial charge in [-0.3, -0.25) is 4.90 Å². The molecule has 2 aliphatic heterocycles. The van der Waals surface area contributed by atoms with Crippen LogP contribution in [0.15, 0.2) is 35.5 Å². The number of halogens is 1. The molecule has 0 unspecified atom stereocenters. The third kappa shape index (κ3) is 3.88. The molecular formula is C17H22ClN5O. The highest BCUT2D eigenvalue weighted by Crippen LogP contribution is 2.32. The number of piperidine rings is 1. The number of nitrogens with zero attached hydrogens (tertiary/aromatic N) is 3. The highest BCUT2D eigenvalue weighted by atomic mass is 35.5. The van der Waals surface area contributed by atoms with Gasteiger partial charge in [0.25, 0.3) is 0 Å². The van der Waals surface area contributed by atoms with Crippen LogP contribution in [0.3, 0.4) is 0 Å². The van der Waals surface area contributed by atoms with Gasteiger partial charge in [0.15, 0.2) is 0 Å². The summed E-state index contributed by atoms with van der Waals surface area (Å²) >= 11 is 6.13. The second-order valence-electron chi connectivity index (χ2n) is 6.06. The van der Waals surface area contributed by atoms with Gasteiger partial charge in [-0.25, -0.2) is 9.79 Å². The predicted molar refractivity (Wildman–Crippen MR) is 98.8 cm³/mol. The van der Waals surface area contributed by atoms with Crippen molar-refractivity contribution in [2.24, 2.45) is 16.6 Å². The van der Waals surface area contributed by atoms with Crippen LogP contribution in [0.2, 0.25) is 5.02 Å². The van der Waals surface area contributed by atoms with Gasteiger partial charge in [0.05, 0.1) is 17.7 Å². The van der Waals surface area contributed by atoms with Crippen molar-refractivity contribution in [2.45, 2.75) is 12.8 Å². The lowest BCUT2D eigenvalue weighted by Gasteiger charge is -2.34. The molecule has 0 aromatic heterocycles. The average molecular weight is 348 g/mol. The number of nitrogens with two attached hydrogens (primary N) is 1. The highest BCUT2D eigenvalue weighted by molar-refractivity contribution is 6.31. The van der Waals surface area contributed by atoms with E-state index in [-0.39, 0.29) is 6.03 Å². The van der Waals surface area contributed by atoms with E-state index in [0.29, 0.717) is 17.5 Å². The number of hydrogen-bond acceptors (Lipinski definition) is 4. The van der Waals surface area contributed by atoms with Gasteiger partial charge in [-0.15, -0.1) is 0 Å². The molecule has 1 saturated heterocycles. The van der Waals surface area contributed by atoms with E-state index >= 15 is 0 Å². The number of amides is 2. The Bertz CT molecular complexity index is 652. The van der Waals surface area contributed by atoms with Crippen LogP contribution in [-0.2, 0) is 0 Å². The van der Waals surface area contributed by atoms with Crippen LogP contribution < -0.4 is 16.0 Å². The smallest absolute Gasteiger partial charge is 0.327 e. The zero-order valence-corrected chi connectivity index (χ0v) is 14.2. The number of hydrogen-bond donors (Lipinski definition) is 2. The van der Waals surface area contributed by atoms with Crippen LogP contribution in [0.25, 0.3) is 0 Å². The quantitative estimate of drug-likeness (QED) is 0.882. The SMILES string of the molecule is NCC1CCN(c2ccc(Cl)cc2NC(=O)N2C=NC=CC2)CC1. The van der Waals surface area contributed by atoms with Crippen LogP contribution in [0.1, 0.15) is 12.8 Å². The first-order chi connectivity index (χ1) is 11.7. The van der Waals surface area contributed by atoms with Gasteiger partial charge in [0.1, 0.15) is 0 Å². The number of nitrogens with one attached hydrogen (secondary N) is 1. The zero-order valence-electron chi connectivity index (χ0n) is 13.5. The van der Waals surface area contributed by atoms with E-state index in [0.717, 1.165) is 43.9 Å². The molecule has 1 fully saturated rings. The predicted octanol–water partition coefficient (Wildman–Crippen LogP) is 2.90. The Morgan fingerprint density at radius 1 is 1.38 bits per heavy atom. The van der Waals surface area contributed by atoms with Gasteiger partial charge in [-0.05, 0) is 49.6 Å². The first kappa shape index (κ1) is 16.8. The summed E-state index contributed by atoms with van der Waals surface area (Å²) in [6.07, 6.45) is 7.16. The van der Waals surface area contributed by atoms with E-state index in [9.17, 15) is 4.79 Å². The van der Waals surface area contributed by atoms with Crippen molar-refractivity contribution in [1.82, 2.24) is 4.90 Å². The first-order valence-corrected chi connectivity index (χ1v) is 8.55. The molecule has 0 atom stereocenters. The molecule has 1 aromatic rings. The monoisotopic (exact) mass is 347 g/mol. The molecule has 0 spiro atoms. The summed E-state index contributed by atoms with van der Waals surface area (Å²) in [4.78, 5) is 20.2. The molecular weight excluding hydrogens is 326 g/mol. The minimum atomic E-state index is -0.219. The molecule has 6 nitrogen and oxygen atoms in total. The minimum Gasteiger partial charge on any atom is -0.370 e. The average Bonchev–Trinajstić information content (AvgIpc) is 2.63. The number of rotatable bonds is 3. The van der Waals surface area contributed by atoms with Gasteiger partial charge in [0, 0.05) is 30.9 Å². The van der Waals surface area contributed by atoms with Crippen molar-refractivity contribution < 1.29 is 4.79 Å². The molecule has 0 bridgehead atoms. The van der Waals surface area contributed by atoms with Gasteiger partial charge < -0.3 is 16.0 Å². The molecule has 2 aliphatic rings. The van der Waals surface area contributed by atoms with Crippen LogP contribution >= 0.6 is 11.6 Å². The molecule has 3 rings (SSSR count). The van der Waals surface area contributed by atoms with Crippen LogP contribution in [0, 0.1) is 5.92 Å². The standard InChI is InChI=1S/C17H22ClN5O/c18-14-2-3-16(22-8-4-13(11-19)5-9-22)15(10-14)21-17(24)23-7-1-6-20-12-23/h1-3,6,10,12-13H,4-5,7-9,11,19H2,(H,21,24). The maximum atomic E-state index is 12.4.